The Morgan fingerprint density at radius 1 is 1.44 bits per heavy atom. The molecule has 0 fully saturated rings. The molecular formula is C15H25N3. The van der Waals surface area contributed by atoms with Gasteiger partial charge in [0.1, 0.15) is 5.82 Å². The quantitative estimate of drug-likeness (QED) is 0.783. The second kappa shape index (κ2) is 6.55. The number of nitrogens with zero attached hydrogens (tertiary/aromatic N) is 2. The Hall–Kier alpha value is -1.35. The fraction of sp³-hybridized carbons (Fsp3) is 0.533. The van der Waals surface area contributed by atoms with Crippen LogP contribution in [0.3, 0.4) is 0 Å². The Balaban J connectivity index is 2.82. The molecule has 0 radical (unpaired) electrons. The van der Waals surface area contributed by atoms with Gasteiger partial charge in [0.15, 0.2) is 0 Å². The van der Waals surface area contributed by atoms with Gasteiger partial charge in [-0.3, -0.25) is 0 Å². The van der Waals surface area contributed by atoms with Crippen LogP contribution in [-0.2, 0) is 6.54 Å². The normalized spacial score (nSPS) is 10.8. The first kappa shape index (κ1) is 14.7. The highest BCUT2D eigenvalue weighted by Crippen LogP contribution is 2.14. The summed E-state index contributed by atoms with van der Waals surface area (Å²) in [5.74, 6) is 1.01. The molecule has 3 nitrogen and oxygen atoms in total. The van der Waals surface area contributed by atoms with Crippen molar-refractivity contribution in [2.24, 2.45) is 0 Å². The predicted octanol–water partition coefficient (Wildman–Crippen LogP) is 2.90. The summed E-state index contributed by atoms with van der Waals surface area (Å²) < 4.78 is 0. The molecule has 18 heavy (non-hydrogen) atoms. The number of rotatable bonds is 6. The fourth-order valence-corrected chi connectivity index (χ4v) is 1.83. The number of hydrogen-bond acceptors (Lipinski definition) is 3. The van der Waals surface area contributed by atoms with Crippen LogP contribution in [0.1, 0.15) is 32.0 Å². The molecule has 1 aromatic rings. The lowest BCUT2D eigenvalue weighted by Gasteiger charge is -2.20. The van der Waals surface area contributed by atoms with E-state index in [1.165, 1.54) is 5.56 Å². The highest BCUT2D eigenvalue weighted by molar-refractivity contribution is 5.43. The molecule has 0 aromatic carbocycles. The van der Waals surface area contributed by atoms with Crippen LogP contribution in [0.15, 0.2) is 24.3 Å². The molecule has 3 heteroatoms. The zero-order valence-corrected chi connectivity index (χ0v) is 12.2. The van der Waals surface area contributed by atoms with Crippen molar-refractivity contribution in [2.75, 3.05) is 18.5 Å². The van der Waals surface area contributed by atoms with E-state index in [1.807, 2.05) is 13.8 Å². The van der Waals surface area contributed by atoms with Crippen molar-refractivity contribution in [2.45, 2.75) is 40.3 Å². The van der Waals surface area contributed by atoms with Crippen LogP contribution >= 0.6 is 0 Å². The SMILES string of the molecule is C=C(C)CN(C)c1cc(CNC(C)C)cc(C)n1. The third-order valence-electron chi connectivity index (χ3n) is 2.61. The van der Waals surface area contributed by atoms with Crippen molar-refractivity contribution >= 4 is 5.82 Å². The molecule has 0 amide bonds. The van der Waals surface area contributed by atoms with Crippen LogP contribution in [0, 0.1) is 6.92 Å². The molecule has 0 atom stereocenters. The second-order valence-corrected chi connectivity index (χ2v) is 5.32. The molecule has 1 heterocycles. The summed E-state index contributed by atoms with van der Waals surface area (Å²) in [6, 6.07) is 4.77. The lowest BCUT2D eigenvalue weighted by atomic mass is 10.2. The van der Waals surface area contributed by atoms with Crippen molar-refractivity contribution < 1.29 is 0 Å². The smallest absolute Gasteiger partial charge is 0.129 e. The number of nitrogens with one attached hydrogen (secondary N) is 1. The zero-order valence-electron chi connectivity index (χ0n) is 12.2. The van der Waals surface area contributed by atoms with Gasteiger partial charge in [0, 0.05) is 31.9 Å². The Morgan fingerprint density at radius 3 is 2.67 bits per heavy atom. The van der Waals surface area contributed by atoms with Gasteiger partial charge in [0.25, 0.3) is 0 Å². The highest BCUT2D eigenvalue weighted by atomic mass is 15.2. The van der Waals surface area contributed by atoms with E-state index >= 15 is 0 Å². The van der Waals surface area contributed by atoms with E-state index in [0.717, 1.165) is 30.2 Å². The number of likely N-dealkylation sites (N-methyl/N-ethyl adjacent to an activating group) is 1. The molecule has 0 bridgehead atoms. The monoisotopic (exact) mass is 247 g/mol. The van der Waals surface area contributed by atoms with Gasteiger partial charge in [0.2, 0.25) is 0 Å². The van der Waals surface area contributed by atoms with Gasteiger partial charge in [-0.2, -0.15) is 0 Å². The molecule has 0 aliphatic heterocycles. The Morgan fingerprint density at radius 2 is 2.11 bits per heavy atom. The Bertz CT molecular complexity index is 410. The number of anilines is 1. The largest absolute Gasteiger partial charge is 0.356 e. The van der Waals surface area contributed by atoms with Crippen molar-refractivity contribution in [3.05, 3.63) is 35.5 Å². The standard InChI is InChI=1S/C15H25N3/c1-11(2)10-18(6)15-8-14(7-13(5)17-15)9-16-12(3)4/h7-8,12,16H,1,9-10H2,2-6H3. The number of aromatic nitrogens is 1. The first-order chi connectivity index (χ1) is 8.38. The fourth-order valence-electron chi connectivity index (χ4n) is 1.83. The van der Waals surface area contributed by atoms with E-state index in [9.17, 15) is 0 Å². The molecule has 1 aromatic heterocycles. The Labute approximate surface area is 111 Å². The summed E-state index contributed by atoms with van der Waals surface area (Å²) in [5, 5.41) is 3.43. The van der Waals surface area contributed by atoms with Gasteiger partial charge in [0.05, 0.1) is 0 Å². The molecule has 1 rings (SSSR count). The molecule has 0 unspecified atom stereocenters. The van der Waals surface area contributed by atoms with Crippen molar-refractivity contribution in [1.82, 2.24) is 10.3 Å². The molecule has 0 aliphatic rings. The van der Waals surface area contributed by atoms with Gasteiger partial charge in [-0.15, -0.1) is 0 Å². The van der Waals surface area contributed by atoms with Gasteiger partial charge < -0.3 is 10.2 Å². The zero-order chi connectivity index (χ0) is 13.7. The minimum Gasteiger partial charge on any atom is -0.356 e. The maximum absolute atomic E-state index is 4.57. The number of aryl methyl sites for hydroxylation is 1. The lowest BCUT2D eigenvalue weighted by Crippen LogP contribution is -2.23. The van der Waals surface area contributed by atoms with Crippen molar-refractivity contribution in [3.63, 3.8) is 0 Å². The summed E-state index contributed by atoms with van der Waals surface area (Å²) in [6.07, 6.45) is 0. The van der Waals surface area contributed by atoms with E-state index < -0.39 is 0 Å². The molecule has 0 spiro atoms. The van der Waals surface area contributed by atoms with Crippen molar-refractivity contribution in [1.29, 1.82) is 0 Å². The van der Waals surface area contributed by atoms with E-state index in [2.05, 4.69) is 54.8 Å². The first-order valence-corrected chi connectivity index (χ1v) is 6.45. The minimum atomic E-state index is 0.495. The van der Waals surface area contributed by atoms with Crippen LogP contribution in [-0.4, -0.2) is 24.6 Å². The number of hydrogen-bond donors (Lipinski definition) is 1. The highest BCUT2D eigenvalue weighted by Gasteiger charge is 2.06. The first-order valence-electron chi connectivity index (χ1n) is 6.45. The molecule has 100 valence electrons. The number of pyridine rings is 1. The maximum Gasteiger partial charge on any atom is 0.129 e. The predicted molar refractivity (Wildman–Crippen MR) is 79.0 cm³/mol. The third-order valence-corrected chi connectivity index (χ3v) is 2.61. The van der Waals surface area contributed by atoms with Gasteiger partial charge in [-0.25, -0.2) is 4.98 Å². The summed E-state index contributed by atoms with van der Waals surface area (Å²) in [7, 11) is 2.05. The van der Waals surface area contributed by atoms with E-state index in [0.29, 0.717) is 6.04 Å². The van der Waals surface area contributed by atoms with Crippen LogP contribution in [0.5, 0.6) is 0 Å². The lowest BCUT2D eigenvalue weighted by molar-refractivity contribution is 0.588. The van der Waals surface area contributed by atoms with Gasteiger partial charge in [-0.1, -0.05) is 26.0 Å². The summed E-state index contributed by atoms with van der Waals surface area (Å²) >= 11 is 0. The molecule has 0 saturated carbocycles. The van der Waals surface area contributed by atoms with Gasteiger partial charge >= 0.3 is 0 Å². The summed E-state index contributed by atoms with van der Waals surface area (Å²) in [4.78, 5) is 6.70. The average molecular weight is 247 g/mol. The molecule has 0 saturated heterocycles. The van der Waals surface area contributed by atoms with Crippen LogP contribution in [0.25, 0.3) is 0 Å². The summed E-state index contributed by atoms with van der Waals surface area (Å²) in [6.45, 7) is 14.1. The van der Waals surface area contributed by atoms with Crippen LogP contribution in [0.2, 0.25) is 0 Å². The topological polar surface area (TPSA) is 28.2 Å². The van der Waals surface area contributed by atoms with Crippen LogP contribution < -0.4 is 10.2 Å². The third kappa shape index (κ3) is 4.88. The van der Waals surface area contributed by atoms with E-state index in [1.54, 1.807) is 0 Å². The van der Waals surface area contributed by atoms with E-state index in [-0.39, 0.29) is 0 Å². The minimum absolute atomic E-state index is 0.495. The average Bonchev–Trinajstić information content (AvgIpc) is 2.24. The molecule has 1 N–H and O–H groups in total. The second-order valence-electron chi connectivity index (χ2n) is 5.32. The Kier molecular flexibility index (Phi) is 5.35. The van der Waals surface area contributed by atoms with Gasteiger partial charge in [-0.05, 0) is 31.5 Å². The van der Waals surface area contributed by atoms with Crippen molar-refractivity contribution in [3.8, 4) is 0 Å². The molecular weight excluding hydrogens is 222 g/mol. The molecule has 0 aliphatic carbocycles. The van der Waals surface area contributed by atoms with Crippen LogP contribution in [0.4, 0.5) is 5.82 Å². The van der Waals surface area contributed by atoms with E-state index in [4.69, 9.17) is 0 Å². The summed E-state index contributed by atoms with van der Waals surface area (Å²) in [5.41, 5.74) is 3.48. The maximum atomic E-state index is 4.57.